The van der Waals surface area contributed by atoms with E-state index in [9.17, 15) is 0 Å². The summed E-state index contributed by atoms with van der Waals surface area (Å²) in [5, 5.41) is 14.0. The Kier molecular flexibility index (Phi) is 2.64. The second-order valence-corrected chi connectivity index (χ2v) is 4.48. The number of tetrazole rings is 1. The minimum Gasteiger partial charge on any atom is -0.465 e. The zero-order valence-electron chi connectivity index (χ0n) is 9.76. The number of hydrogen-bond donors (Lipinski definition) is 1. The molecule has 90 valence electrons. The van der Waals surface area contributed by atoms with Crippen LogP contribution in [0, 0.1) is 6.92 Å². The van der Waals surface area contributed by atoms with Gasteiger partial charge in [-0.3, -0.25) is 4.90 Å². The van der Waals surface area contributed by atoms with Crippen LogP contribution in [0.15, 0.2) is 16.5 Å². The first-order valence-electron chi connectivity index (χ1n) is 5.83. The number of H-pyrrole nitrogens is 1. The molecule has 17 heavy (non-hydrogen) atoms. The van der Waals surface area contributed by atoms with Crippen LogP contribution in [-0.2, 0) is 13.1 Å². The Bertz CT molecular complexity index is 474. The minimum atomic E-state index is 0.638. The molecule has 0 radical (unpaired) electrons. The molecular formula is C11H15N5O. The largest absolute Gasteiger partial charge is 0.465 e. The zero-order valence-corrected chi connectivity index (χ0v) is 9.76. The third kappa shape index (κ3) is 2.52. The number of aromatic amines is 1. The fourth-order valence-corrected chi connectivity index (χ4v) is 1.96. The average Bonchev–Trinajstić information content (AvgIpc) is 2.89. The van der Waals surface area contributed by atoms with Crippen LogP contribution >= 0.6 is 0 Å². The SMILES string of the molecule is Cc1ccc(CN(Cc2nn[nH]n2)C2CC2)o1. The van der Waals surface area contributed by atoms with Gasteiger partial charge in [0.05, 0.1) is 13.1 Å². The molecule has 6 nitrogen and oxygen atoms in total. The van der Waals surface area contributed by atoms with Gasteiger partial charge in [-0.05, 0) is 31.9 Å². The van der Waals surface area contributed by atoms with Crippen LogP contribution in [0.1, 0.15) is 30.2 Å². The van der Waals surface area contributed by atoms with E-state index in [-0.39, 0.29) is 0 Å². The van der Waals surface area contributed by atoms with E-state index < -0.39 is 0 Å². The molecule has 2 aromatic heterocycles. The van der Waals surface area contributed by atoms with Gasteiger partial charge in [0.15, 0.2) is 5.82 Å². The van der Waals surface area contributed by atoms with Gasteiger partial charge in [-0.2, -0.15) is 5.21 Å². The van der Waals surface area contributed by atoms with Gasteiger partial charge in [0.2, 0.25) is 0 Å². The normalized spacial score (nSPS) is 15.6. The van der Waals surface area contributed by atoms with Crippen molar-refractivity contribution in [3.8, 4) is 0 Å². The molecule has 1 saturated carbocycles. The van der Waals surface area contributed by atoms with Crippen LogP contribution in [0.5, 0.6) is 0 Å². The van der Waals surface area contributed by atoms with Crippen molar-refractivity contribution in [2.24, 2.45) is 0 Å². The van der Waals surface area contributed by atoms with Gasteiger partial charge in [-0.25, -0.2) is 0 Å². The smallest absolute Gasteiger partial charge is 0.188 e. The number of nitrogens with zero attached hydrogens (tertiary/aromatic N) is 4. The van der Waals surface area contributed by atoms with Gasteiger partial charge in [0.1, 0.15) is 11.5 Å². The molecule has 0 aromatic carbocycles. The van der Waals surface area contributed by atoms with E-state index in [0.29, 0.717) is 6.04 Å². The molecule has 3 rings (SSSR count). The third-order valence-electron chi connectivity index (χ3n) is 2.95. The van der Waals surface area contributed by atoms with Gasteiger partial charge >= 0.3 is 0 Å². The van der Waals surface area contributed by atoms with Gasteiger partial charge < -0.3 is 4.42 Å². The van der Waals surface area contributed by atoms with E-state index in [2.05, 4.69) is 25.5 Å². The predicted molar refractivity (Wildman–Crippen MR) is 59.9 cm³/mol. The highest BCUT2D eigenvalue weighted by Gasteiger charge is 2.30. The minimum absolute atomic E-state index is 0.638. The molecule has 0 saturated heterocycles. The van der Waals surface area contributed by atoms with Gasteiger partial charge in [-0.1, -0.05) is 5.21 Å². The Hall–Kier alpha value is -1.69. The van der Waals surface area contributed by atoms with Crippen LogP contribution in [0.3, 0.4) is 0 Å². The van der Waals surface area contributed by atoms with Gasteiger partial charge in [0.25, 0.3) is 0 Å². The Morgan fingerprint density at radius 2 is 2.29 bits per heavy atom. The fraction of sp³-hybridized carbons (Fsp3) is 0.545. The van der Waals surface area contributed by atoms with E-state index >= 15 is 0 Å². The molecule has 0 spiro atoms. The van der Waals surface area contributed by atoms with E-state index in [1.807, 2.05) is 19.1 Å². The van der Waals surface area contributed by atoms with Crippen molar-refractivity contribution in [1.29, 1.82) is 0 Å². The standard InChI is InChI=1S/C11H15N5O/c1-8-2-5-10(17-8)6-16(9-3-4-9)7-11-12-14-15-13-11/h2,5,9H,3-4,6-7H2,1H3,(H,12,13,14,15). The summed E-state index contributed by atoms with van der Waals surface area (Å²) < 4.78 is 5.61. The van der Waals surface area contributed by atoms with Crippen LogP contribution < -0.4 is 0 Å². The Morgan fingerprint density at radius 1 is 1.41 bits per heavy atom. The lowest BCUT2D eigenvalue weighted by molar-refractivity contribution is 0.218. The lowest BCUT2D eigenvalue weighted by Gasteiger charge is -2.18. The second kappa shape index (κ2) is 4.29. The average molecular weight is 233 g/mol. The van der Waals surface area contributed by atoms with Crippen LogP contribution in [-0.4, -0.2) is 31.6 Å². The first-order valence-corrected chi connectivity index (χ1v) is 5.83. The van der Waals surface area contributed by atoms with Gasteiger partial charge in [0, 0.05) is 6.04 Å². The Balaban J connectivity index is 1.68. The molecule has 0 aliphatic heterocycles. The van der Waals surface area contributed by atoms with Crippen molar-refractivity contribution < 1.29 is 4.42 Å². The highest BCUT2D eigenvalue weighted by Crippen LogP contribution is 2.29. The Morgan fingerprint density at radius 3 is 2.88 bits per heavy atom. The summed E-state index contributed by atoms with van der Waals surface area (Å²) in [4.78, 5) is 2.34. The summed E-state index contributed by atoms with van der Waals surface area (Å²) in [5.41, 5.74) is 0. The van der Waals surface area contributed by atoms with Crippen molar-refractivity contribution in [3.63, 3.8) is 0 Å². The number of nitrogens with one attached hydrogen (secondary N) is 1. The molecule has 0 amide bonds. The number of aryl methyl sites for hydroxylation is 1. The van der Waals surface area contributed by atoms with E-state index in [1.165, 1.54) is 12.8 Å². The summed E-state index contributed by atoms with van der Waals surface area (Å²) in [6, 6.07) is 4.66. The van der Waals surface area contributed by atoms with Crippen LogP contribution in [0.25, 0.3) is 0 Å². The van der Waals surface area contributed by atoms with Crippen molar-refractivity contribution in [2.45, 2.75) is 38.9 Å². The van der Waals surface area contributed by atoms with E-state index in [4.69, 9.17) is 4.42 Å². The third-order valence-corrected chi connectivity index (χ3v) is 2.95. The lowest BCUT2D eigenvalue weighted by atomic mass is 10.3. The van der Waals surface area contributed by atoms with Crippen LogP contribution in [0.2, 0.25) is 0 Å². The maximum atomic E-state index is 5.61. The molecule has 2 aromatic rings. The van der Waals surface area contributed by atoms with Crippen LogP contribution in [0.4, 0.5) is 0 Å². The second-order valence-electron chi connectivity index (χ2n) is 4.48. The molecule has 6 heteroatoms. The lowest BCUT2D eigenvalue weighted by Crippen LogP contribution is -2.25. The fourth-order valence-electron chi connectivity index (χ4n) is 1.96. The maximum Gasteiger partial charge on any atom is 0.188 e. The molecule has 1 N–H and O–H groups in total. The van der Waals surface area contributed by atoms with Crippen molar-refractivity contribution in [2.75, 3.05) is 0 Å². The molecular weight excluding hydrogens is 218 g/mol. The number of furan rings is 1. The molecule has 1 fully saturated rings. The molecule has 2 heterocycles. The molecule has 0 atom stereocenters. The van der Waals surface area contributed by atoms with E-state index in [1.54, 1.807) is 0 Å². The first kappa shape index (κ1) is 10.5. The highest BCUT2D eigenvalue weighted by atomic mass is 16.3. The summed E-state index contributed by atoms with van der Waals surface area (Å²) in [6.07, 6.45) is 2.50. The van der Waals surface area contributed by atoms with Gasteiger partial charge in [-0.15, -0.1) is 10.2 Å². The maximum absolute atomic E-state index is 5.61. The quantitative estimate of drug-likeness (QED) is 0.842. The summed E-state index contributed by atoms with van der Waals surface area (Å²) in [7, 11) is 0. The highest BCUT2D eigenvalue weighted by molar-refractivity contribution is 5.06. The van der Waals surface area contributed by atoms with Crippen molar-refractivity contribution in [1.82, 2.24) is 25.5 Å². The zero-order chi connectivity index (χ0) is 11.7. The predicted octanol–water partition coefficient (Wildman–Crippen LogP) is 1.27. The molecule has 1 aliphatic carbocycles. The number of hydrogen-bond acceptors (Lipinski definition) is 5. The molecule has 1 aliphatic rings. The molecule has 0 bridgehead atoms. The number of aromatic nitrogens is 4. The topological polar surface area (TPSA) is 70.8 Å². The van der Waals surface area contributed by atoms with E-state index in [0.717, 1.165) is 30.4 Å². The van der Waals surface area contributed by atoms with Crippen molar-refractivity contribution >= 4 is 0 Å². The monoisotopic (exact) mass is 233 g/mol. The first-order chi connectivity index (χ1) is 8.31. The molecule has 0 unspecified atom stereocenters. The van der Waals surface area contributed by atoms with Crippen molar-refractivity contribution in [3.05, 3.63) is 29.5 Å². The summed E-state index contributed by atoms with van der Waals surface area (Å²) >= 11 is 0. The number of rotatable bonds is 5. The summed E-state index contributed by atoms with van der Waals surface area (Å²) in [6.45, 7) is 3.50. The Labute approximate surface area is 99.0 Å². The summed E-state index contributed by atoms with van der Waals surface area (Å²) in [5.74, 6) is 2.69.